The molecule has 2 aromatic carbocycles. The van der Waals surface area contributed by atoms with Gasteiger partial charge in [-0.2, -0.15) is 0 Å². The van der Waals surface area contributed by atoms with E-state index in [1.54, 1.807) is 20.1 Å². The Hall–Kier alpha value is -3.28. The van der Waals surface area contributed by atoms with Crippen LogP contribution in [0.1, 0.15) is 22.8 Å². The number of carbonyl (C=O) groups excluding carboxylic acids is 1. The zero-order valence-electron chi connectivity index (χ0n) is 14.7. The van der Waals surface area contributed by atoms with Crippen LogP contribution in [0.2, 0.25) is 0 Å². The number of aromatic nitrogens is 1. The number of pyridine rings is 1. The lowest BCUT2D eigenvalue weighted by Gasteiger charge is -2.15. The Kier molecular flexibility index (Phi) is 5.22. The molecule has 6 nitrogen and oxygen atoms in total. The molecule has 0 aliphatic rings. The van der Waals surface area contributed by atoms with E-state index in [1.165, 1.54) is 0 Å². The third-order valence-corrected chi connectivity index (χ3v) is 4.05. The van der Waals surface area contributed by atoms with E-state index in [9.17, 15) is 9.59 Å². The van der Waals surface area contributed by atoms with E-state index in [1.807, 2.05) is 42.5 Å². The van der Waals surface area contributed by atoms with Gasteiger partial charge >= 0.3 is 5.97 Å². The van der Waals surface area contributed by atoms with Crippen molar-refractivity contribution in [2.45, 2.75) is 13.5 Å². The van der Waals surface area contributed by atoms with E-state index < -0.39 is 11.5 Å². The van der Waals surface area contributed by atoms with E-state index in [0.717, 1.165) is 16.7 Å². The number of aromatic amines is 1. The number of para-hydroxylation sites is 2. The lowest BCUT2D eigenvalue weighted by molar-refractivity contribution is 0.0525. The van der Waals surface area contributed by atoms with Crippen molar-refractivity contribution in [2.75, 3.05) is 19.0 Å². The Bertz CT molecular complexity index is 995. The van der Waals surface area contributed by atoms with Gasteiger partial charge in [0.15, 0.2) is 0 Å². The lowest BCUT2D eigenvalue weighted by Crippen LogP contribution is -2.23. The maximum Gasteiger partial charge on any atom is 0.345 e. The molecule has 0 saturated heterocycles. The highest BCUT2D eigenvalue weighted by Gasteiger charge is 2.20. The van der Waals surface area contributed by atoms with Crippen LogP contribution in [0.25, 0.3) is 10.9 Å². The van der Waals surface area contributed by atoms with Crippen LogP contribution in [0.15, 0.2) is 53.3 Å². The van der Waals surface area contributed by atoms with E-state index in [-0.39, 0.29) is 12.2 Å². The molecule has 0 radical (unpaired) electrons. The highest BCUT2D eigenvalue weighted by atomic mass is 16.5. The number of benzene rings is 2. The van der Waals surface area contributed by atoms with Crippen LogP contribution in [-0.4, -0.2) is 24.7 Å². The Balaban J connectivity index is 2.08. The zero-order chi connectivity index (χ0) is 18.5. The molecule has 0 atom stereocenters. The molecule has 0 bridgehead atoms. The minimum atomic E-state index is -0.651. The molecule has 3 aromatic rings. The number of methoxy groups -OCH3 is 1. The fourth-order valence-electron chi connectivity index (χ4n) is 2.86. The van der Waals surface area contributed by atoms with Gasteiger partial charge in [-0.15, -0.1) is 0 Å². The summed E-state index contributed by atoms with van der Waals surface area (Å²) in [6, 6.07) is 14.9. The molecule has 134 valence electrons. The van der Waals surface area contributed by atoms with E-state index >= 15 is 0 Å². The van der Waals surface area contributed by atoms with Crippen molar-refractivity contribution in [1.82, 2.24) is 4.98 Å². The van der Waals surface area contributed by atoms with Crippen LogP contribution in [0.3, 0.4) is 0 Å². The van der Waals surface area contributed by atoms with Gasteiger partial charge in [-0.3, -0.25) is 4.79 Å². The molecule has 0 unspecified atom stereocenters. The highest BCUT2D eigenvalue weighted by Crippen LogP contribution is 2.26. The topological polar surface area (TPSA) is 80.4 Å². The Morgan fingerprint density at radius 1 is 1.12 bits per heavy atom. The fraction of sp³-hybridized carbons (Fsp3) is 0.200. The molecule has 2 N–H and O–H groups in total. The van der Waals surface area contributed by atoms with Crippen LogP contribution in [-0.2, 0) is 11.3 Å². The third-order valence-electron chi connectivity index (χ3n) is 4.05. The number of fused-ring (bicyclic) bond motifs is 1. The zero-order valence-corrected chi connectivity index (χ0v) is 14.7. The number of esters is 1. The summed E-state index contributed by atoms with van der Waals surface area (Å²) in [6.45, 7) is 2.29. The number of carbonyl (C=O) groups is 1. The maximum atomic E-state index is 12.5. The largest absolute Gasteiger partial charge is 0.496 e. The van der Waals surface area contributed by atoms with Crippen molar-refractivity contribution in [2.24, 2.45) is 0 Å². The molecule has 0 fully saturated rings. The van der Waals surface area contributed by atoms with Crippen LogP contribution >= 0.6 is 0 Å². The quantitative estimate of drug-likeness (QED) is 0.665. The van der Waals surface area contributed by atoms with Crippen LogP contribution in [0.4, 0.5) is 5.69 Å². The van der Waals surface area contributed by atoms with Crippen molar-refractivity contribution in [3.05, 3.63) is 70.0 Å². The molecular weight excluding hydrogens is 332 g/mol. The summed E-state index contributed by atoms with van der Waals surface area (Å²) >= 11 is 0. The number of hydrogen-bond acceptors (Lipinski definition) is 5. The summed E-state index contributed by atoms with van der Waals surface area (Å²) in [5.74, 6) is 0.0776. The summed E-state index contributed by atoms with van der Waals surface area (Å²) < 4.78 is 10.4. The summed E-state index contributed by atoms with van der Waals surface area (Å²) in [4.78, 5) is 27.6. The van der Waals surface area contributed by atoms with Gasteiger partial charge in [-0.05, 0) is 19.1 Å². The second-order valence-corrected chi connectivity index (χ2v) is 5.64. The minimum Gasteiger partial charge on any atom is -0.496 e. The average molecular weight is 352 g/mol. The molecular formula is C20H20N2O4. The first-order valence-corrected chi connectivity index (χ1v) is 8.33. The highest BCUT2D eigenvalue weighted by molar-refractivity contribution is 6.04. The van der Waals surface area contributed by atoms with Crippen LogP contribution in [0, 0.1) is 0 Å². The number of anilines is 1. The third kappa shape index (κ3) is 3.39. The van der Waals surface area contributed by atoms with Crippen molar-refractivity contribution in [3.8, 4) is 5.75 Å². The molecule has 0 saturated carbocycles. The summed E-state index contributed by atoms with van der Waals surface area (Å²) in [6.07, 6.45) is 0. The van der Waals surface area contributed by atoms with Gasteiger partial charge in [-0.1, -0.05) is 36.4 Å². The van der Waals surface area contributed by atoms with Gasteiger partial charge in [0, 0.05) is 17.5 Å². The van der Waals surface area contributed by atoms with Crippen LogP contribution in [0.5, 0.6) is 5.75 Å². The average Bonchev–Trinajstić information content (AvgIpc) is 2.66. The molecule has 1 heterocycles. The molecule has 0 spiro atoms. The number of ether oxygens (including phenoxy) is 2. The number of hydrogen-bond donors (Lipinski definition) is 2. The van der Waals surface area contributed by atoms with Gasteiger partial charge in [0.1, 0.15) is 11.3 Å². The number of nitrogens with one attached hydrogen (secondary N) is 2. The summed E-state index contributed by atoms with van der Waals surface area (Å²) in [7, 11) is 1.60. The normalized spacial score (nSPS) is 10.5. The SMILES string of the molecule is CCOC(=O)c1c(NCc2ccccc2OC)c2ccccc2[nH]c1=O. The van der Waals surface area contributed by atoms with Crippen molar-refractivity contribution in [1.29, 1.82) is 0 Å². The van der Waals surface area contributed by atoms with Crippen molar-refractivity contribution < 1.29 is 14.3 Å². The first-order chi connectivity index (χ1) is 12.7. The lowest BCUT2D eigenvalue weighted by atomic mass is 10.1. The number of H-pyrrole nitrogens is 1. The van der Waals surface area contributed by atoms with Gasteiger partial charge < -0.3 is 19.8 Å². The Morgan fingerprint density at radius 3 is 2.62 bits per heavy atom. The predicted molar refractivity (Wildman–Crippen MR) is 101 cm³/mol. The monoisotopic (exact) mass is 352 g/mol. The minimum absolute atomic E-state index is 0.0274. The molecule has 0 aliphatic carbocycles. The smallest absolute Gasteiger partial charge is 0.345 e. The summed E-state index contributed by atoms with van der Waals surface area (Å²) in [5, 5.41) is 3.97. The molecule has 3 rings (SSSR count). The standard InChI is InChI=1S/C20H20N2O4/c1-3-26-20(24)17-18(14-9-5-6-10-15(14)22-19(17)23)21-12-13-8-4-7-11-16(13)25-2/h4-11H,3,12H2,1-2H3,(H2,21,22,23). The second-order valence-electron chi connectivity index (χ2n) is 5.64. The maximum absolute atomic E-state index is 12.5. The van der Waals surface area contributed by atoms with E-state index in [0.29, 0.717) is 17.7 Å². The molecule has 0 aliphatic heterocycles. The van der Waals surface area contributed by atoms with Gasteiger partial charge in [-0.25, -0.2) is 4.79 Å². The summed E-state index contributed by atoms with van der Waals surface area (Å²) in [5.41, 5.74) is 1.50. The van der Waals surface area contributed by atoms with Gasteiger partial charge in [0.2, 0.25) is 0 Å². The predicted octanol–water partition coefficient (Wildman–Crippen LogP) is 3.33. The molecule has 6 heteroatoms. The molecule has 0 amide bonds. The van der Waals surface area contributed by atoms with Crippen LogP contribution < -0.4 is 15.6 Å². The Labute approximate surface area is 150 Å². The van der Waals surface area contributed by atoms with E-state index in [4.69, 9.17) is 9.47 Å². The Morgan fingerprint density at radius 2 is 1.85 bits per heavy atom. The fourth-order valence-corrected chi connectivity index (χ4v) is 2.86. The van der Waals surface area contributed by atoms with Gasteiger partial charge in [0.25, 0.3) is 5.56 Å². The molecule has 26 heavy (non-hydrogen) atoms. The first-order valence-electron chi connectivity index (χ1n) is 8.33. The molecule has 1 aromatic heterocycles. The van der Waals surface area contributed by atoms with Crippen molar-refractivity contribution >= 4 is 22.6 Å². The first kappa shape index (κ1) is 17.5. The van der Waals surface area contributed by atoms with E-state index in [2.05, 4.69) is 10.3 Å². The van der Waals surface area contributed by atoms with Crippen molar-refractivity contribution in [3.63, 3.8) is 0 Å². The number of rotatable bonds is 6. The van der Waals surface area contributed by atoms with Gasteiger partial charge in [0.05, 0.1) is 24.9 Å². The second kappa shape index (κ2) is 7.74.